The maximum absolute atomic E-state index is 13.3. The van der Waals surface area contributed by atoms with Crippen molar-refractivity contribution in [3.63, 3.8) is 0 Å². The number of hydrogen-bond acceptors (Lipinski definition) is 3. The zero-order chi connectivity index (χ0) is 14.8. The van der Waals surface area contributed by atoms with Crippen molar-refractivity contribution >= 4 is 24.8 Å². The summed E-state index contributed by atoms with van der Waals surface area (Å²) in [4.78, 5) is 1.30. The first-order valence-electron chi connectivity index (χ1n) is 6.14. The Hall–Kier alpha value is -1.07. The molecule has 0 radical (unpaired) electrons. The number of nitrogens with one attached hydrogen (secondary N) is 1. The molecule has 0 bridgehead atoms. The molecule has 1 saturated heterocycles. The van der Waals surface area contributed by atoms with Crippen molar-refractivity contribution in [2.75, 3.05) is 26.2 Å². The first-order valence-corrected chi connectivity index (χ1v) is 6.14. The maximum Gasteiger partial charge on any atom is 0.408 e. The smallest absolute Gasteiger partial charge is 0.314 e. The van der Waals surface area contributed by atoms with E-state index in [0.717, 1.165) is 18.2 Å². The van der Waals surface area contributed by atoms with Crippen LogP contribution in [0.5, 0.6) is 0 Å². The van der Waals surface area contributed by atoms with Gasteiger partial charge in [0.05, 0.1) is 5.56 Å². The zero-order valence-electron chi connectivity index (χ0n) is 11.4. The quantitative estimate of drug-likeness (QED) is 0.825. The lowest BCUT2D eigenvalue weighted by molar-refractivity contribution is -0.187. The van der Waals surface area contributed by atoms with E-state index in [1.807, 2.05) is 0 Å². The molecule has 1 aromatic rings. The number of nitriles is 1. The minimum atomic E-state index is -4.47. The molecule has 0 spiro atoms. The van der Waals surface area contributed by atoms with E-state index < -0.39 is 18.0 Å². The minimum Gasteiger partial charge on any atom is -0.314 e. The van der Waals surface area contributed by atoms with E-state index in [4.69, 9.17) is 5.26 Å². The molecule has 1 aliphatic heterocycles. The molecule has 0 aliphatic carbocycles. The van der Waals surface area contributed by atoms with E-state index in [1.165, 1.54) is 4.90 Å². The number of nitrogens with zero attached hydrogens (tertiary/aromatic N) is 2. The third-order valence-corrected chi connectivity index (χ3v) is 3.25. The van der Waals surface area contributed by atoms with Crippen LogP contribution in [0.15, 0.2) is 18.2 Å². The van der Waals surface area contributed by atoms with Gasteiger partial charge >= 0.3 is 6.18 Å². The Kier molecular flexibility index (Phi) is 8.12. The Labute approximate surface area is 138 Å². The van der Waals surface area contributed by atoms with E-state index in [0.29, 0.717) is 13.1 Å². The average molecular weight is 360 g/mol. The molecule has 124 valence electrons. The number of rotatable bonds is 2. The van der Waals surface area contributed by atoms with Crippen molar-refractivity contribution in [2.45, 2.75) is 12.2 Å². The summed E-state index contributed by atoms with van der Waals surface area (Å²) >= 11 is 0. The SMILES string of the molecule is Cl.Cl.N#Cc1cc([C@@H](N2CCNCC2)C(F)(F)F)ccc1F. The van der Waals surface area contributed by atoms with Gasteiger partial charge in [-0.2, -0.15) is 18.4 Å². The summed E-state index contributed by atoms with van der Waals surface area (Å²) in [5, 5.41) is 11.7. The molecule has 3 nitrogen and oxygen atoms in total. The first-order chi connectivity index (χ1) is 9.43. The molecule has 1 heterocycles. The molecule has 1 fully saturated rings. The fourth-order valence-corrected chi connectivity index (χ4v) is 2.35. The zero-order valence-corrected chi connectivity index (χ0v) is 13.0. The van der Waals surface area contributed by atoms with E-state index in [1.54, 1.807) is 6.07 Å². The largest absolute Gasteiger partial charge is 0.408 e. The fourth-order valence-electron chi connectivity index (χ4n) is 2.35. The summed E-state index contributed by atoms with van der Waals surface area (Å²) in [6.07, 6.45) is -4.47. The number of benzene rings is 1. The second-order valence-electron chi connectivity index (χ2n) is 4.58. The Bertz CT molecular complexity index is 525. The van der Waals surface area contributed by atoms with Crippen molar-refractivity contribution < 1.29 is 17.6 Å². The molecule has 0 saturated carbocycles. The van der Waals surface area contributed by atoms with Crippen LogP contribution in [0.1, 0.15) is 17.2 Å². The lowest BCUT2D eigenvalue weighted by Gasteiger charge is -2.36. The van der Waals surface area contributed by atoms with Gasteiger partial charge in [-0.25, -0.2) is 4.39 Å². The molecule has 22 heavy (non-hydrogen) atoms. The second-order valence-corrected chi connectivity index (χ2v) is 4.58. The maximum atomic E-state index is 13.3. The molecular formula is C13H15Cl2F4N3. The third kappa shape index (κ3) is 4.71. The lowest BCUT2D eigenvalue weighted by Crippen LogP contribution is -2.49. The summed E-state index contributed by atoms with van der Waals surface area (Å²) in [7, 11) is 0. The Morgan fingerprint density at radius 1 is 1.18 bits per heavy atom. The van der Waals surface area contributed by atoms with Gasteiger partial charge in [0.2, 0.25) is 0 Å². The topological polar surface area (TPSA) is 39.1 Å². The van der Waals surface area contributed by atoms with Crippen LogP contribution >= 0.6 is 24.8 Å². The Morgan fingerprint density at radius 2 is 1.77 bits per heavy atom. The minimum absolute atomic E-state index is 0. The van der Waals surface area contributed by atoms with Crippen molar-refractivity contribution in [1.29, 1.82) is 5.26 Å². The van der Waals surface area contributed by atoms with Crippen LogP contribution in [0.4, 0.5) is 17.6 Å². The monoisotopic (exact) mass is 359 g/mol. The summed E-state index contributed by atoms with van der Waals surface area (Å²) in [6.45, 7) is 1.45. The molecule has 0 unspecified atom stereocenters. The molecular weight excluding hydrogens is 345 g/mol. The molecule has 9 heteroatoms. The predicted molar refractivity (Wildman–Crippen MR) is 78.8 cm³/mol. The number of piperazine rings is 1. The van der Waals surface area contributed by atoms with E-state index in [-0.39, 0.29) is 49.0 Å². The molecule has 1 aromatic carbocycles. The van der Waals surface area contributed by atoms with Gasteiger partial charge in [0.15, 0.2) is 0 Å². The van der Waals surface area contributed by atoms with Crippen LogP contribution in [-0.4, -0.2) is 37.3 Å². The van der Waals surface area contributed by atoms with E-state index >= 15 is 0 Å². The molecule has 1 N–H and O–H groups in total. The summed E-state index contributed by atoms with van der Waals surface area (Å²) < 4.78 is 53.1. The van der Waals surface area contributed by atoms with Gasteiger partial charge in [0.1, 0.15) is 17.9 Å². The molecule has 0 amide bonds. The Balaban J connectivity index is 0.00000220. The van der Waals surface area contributed by atoms with Crippen LogP contribution in [0.3, 0.4) is 0 Å². The molecule has 1 atom stereocenters. The molecule has 1 aliphatic rings. The van der Waals surface area contributed by atoms with Crippen LogP contribution in [0.2, 0.25) is 0 Å². The van der Waals surface area contributed by atoms with Gasteiger partial charge in [-0.15, -0.1) is 24.8 Å². The van der Waals surface area contributed by atoms with E-state index in [2.05, 4.69) is 5.32 Å². The number of alkyl halides is 3. The van der Waals surface area contributed by atoms with Crippen LogP contribution in [-0.2, 0) is 0 Å². The summed E-state index contributed by atoms with van der Waals surface area (Å²) in [6, 6.07) is 2.75. The van der Waals surface area contributed by atoms with Gasteiger partial charge in [0.25, 0.3) is 0 Å². The predicted octanol–water partition coefficient (Wildman–Crippen LogP) is 3.05. The second kappa shape index (κ2) is 8.53. The lowest BCUT2D eigenvalue weighted by atomic mass is 10.0. The van der Waals surface area contributed by atoms with Gasteiger partial charge in [-0.3, -0.25) is 4.90 Å². The van der Waals surface area contributed by atoms with Gasteiger partial charge < -0.3 is 5.32 Å². The fraction of sp³-hybridized carbons (Fsp3) is 0.462. The van der Waals surface area contributed by atoms with Gasteiger partial charge in [-0.1, -0.05) is 6.07 Å². The molecule has 2 rings (SSSR count). The highest BCUT2D eigenvalue weighted by Gasteiger charge is 2.45. The van der Waals surface area contributed by atoms with Gasteiger partial charge in [0, 0.05) is 26.2 Å². The highest BCUT2D eigenvalue weighted by atomic mass is 35.5. The van der Waals surface area contributed by atoms with Crippen LogP contribution < -0.4 is 5.32 Å². The van der Waals surface area contributed by atoms with E-state index in [9.17, 15) is 17.6 Å². The Morgan fingerprint density at radius 3 is 2.27 bits per heavy atom. The highest BCUT2D eigenvalue weighted by molar-refractivity contribution is 5.85. The van der Waals surface area contributed by atoms with Crippen molar-refractivity contribution in [3.05, 3.63) is 35.1 Å². The molecule has 0 aromatic heterocycles. The third-order valence-electron chi connectivity index (χ3n) is 3.25. The highest BCUT2D eigenvalue weighted by Crippen LogP contribution is 2.38. The van der Waals surface area contributed by atoms with Crippen molar-refractivity contribution in [1.82, 2.24) is 10.2 Å². The van der Waals surface area contributed by atoms with Crippen molar-refractivity contribution in [3.8, 4) is 6.07 Å². The normalized spacial score (nSPS) is 16.9. The average Bonchev–Trinajstić information content (AvgIpc) is 2.40. The van der Waals surface area contributed by atoms with Gasteiger partial charge in [-0.05, 0) is 17.7 Å². The van der Waals surface area contributed by atoms with Crippen molar-refractivity contribution in [2.24, 2.45) is 0 Å². The summed E-state index contributed by atoms with van der Waals surface area (Å²) in [5.41, 5.74) is -0.468. The standard InChI is InChI=1S/C13H13F4N3.2ClH/c14-11-2-1-9(7-10(11)8-18)12(13(15,16)17)20-5-3-19-4-6-20;;/h1-2,7,12,19H,3-6H2;2*1H/t12-;;/m1../s1. The van der Waals surface area contributed by atoms with Crippen LogP contribution in [0, 0.1) is 17.1 Å². The number of halogens is 6. The number of hydrogen-bond donors (Lipinski definition) is 1. The summed E-state index contributed by atoms with van der Waals surface area (Å²) in [5.74, 6) is -0.808. The first kappa shape index (κ1) is 20.9. The van der Waals surface area contributed by atoms with Crippen LogP contribution in [0.25, 0.3) is 0 Å².